The number of hydrogen-bond acceptors (Lipinski definition) is 5. The number of unbranched alkanes of at least 4 members (excludes halogenated alkanes) is 1. The average Bonchev–Trinajstić information content (AvgIpc) is 2.75. The zero-order chi connectivity index (χ0) is 21.3. The van der Waals surface area contributed by atoms with Crippen LogP contribution >= 0.6 is 0 Å². The molecule has 5 nitrogen and oxygen atoms in total. The first-order valence-electron chi connectivity index (χ1n) is 11.2. The highest BCUT2D eigenvalue weighted by Crippen LogP contribution is 2.18. The van der Waals surface area contributed by atoms with Gasteiger partial charge in [0.1, 0.15) is 5.75 Å². The predicted octanol–water partition coefficient (Wildman–Crippen LogP) is 5.62. The molecule has 0 fully saturated rings. The lowest BCUT2D eigenvalue weighted by Gasteiger charge is -2.21. The van der Waals surface area contributed by atoms with Crippen LogP contribution in [0.4, 0.5) is 0 Å². The maximum absolute atomic E-state index is 12.3. The van der Waals surface area contributed by atoms with Gasteiger partial charge in [0.2, 0.25) is 0 Å². The van der Waals surface area contributed by atoms with Gasteiger partial charge in [-0.25, -0.2) is 0 Å². The van der Waals surface area contributed by atoms with Gasteiger partial charge in [0.25, 0.3) is 0 Å². The minimum atomic E-state index is -0.289. The van der Waals surface area contributed by atoms with Crippen molar-refractivity contribution in [3.63, 3.8) is 0 Å². The minimum Gasteiger partial charge on any atom is -0.493 e. The number of hydrogen-bond donors (Lipinski definition) is 0. The Morgan fingerprint density at radius 2 is 1.69 bits per heavy atom. The fourth-order valence-electron chi connectivity index (χ4n) is 2.93. The van der Waals surface area contributed by atoms with Crippen LogP contribution in [-0.4, -0.2) is 38.7 Å². The van der Waals surface area contributed by atoms with E-state index in [0.717, 1.165) is 37.9 Å². The summed E-state index contributed by atoms with van der Waals surface area (Å²) in [5.41, 5.74) is 0. The van der Waals surface area contributed by atoms with E-state index in [1.54, 1.807) is 0 Å². The molecule has 0 aliphatic rings. The van der Waals surface area contributed by atoms with Gasteiger partial charge in [-0.15, -0.1) is 0 Å². The van der Waals surface area contributed by atoms with Crippen LogP contribution in [0.3, 0.4) is 0 Å². The first-order valence-corrected chi connectivity index (χ1v) is 11.2. The van der Waals surface area contributed by atoms with Gasteiger partial charge in [-0.2, -0.15) is 0 Å². The summed E-state index contributed by atoms with van der Waals surface area (Å²) in [5.74, 6) is 1.01. The Bertz CT molecular complexity index is 519. The molecule has 0 aliphatic carbocycles. The Labute approximate surface area is 177 Å². The van der Waals surface area contributed by atoms with Gasteiger partial charge >= 0.3 is 5.97 Å². The van der Waals surface area contributed by atoms with E-state index in [9.17, 15) is 4.79 Å². The van der Waals surface area contributed by atoms with E-state index in [0.29, 0.717) is 32.2 Å². The fourth-order valence-corrected chi connectivity index (χ4v) is 2.93. The topological polar surface area (TPSA) is 54.0 Å². The molecule has 0 aliphatic heterocycles. The molecule has 5 heteroatoms. The van der Waals surface area contributed by atoms with E-state index < -0.39 is 0 Å². The molecule has 0 aromatic heterocycles. The third-order valence-corrected chi connectivity index (χ3v) is 4.83. The predicted molar refractivity (Wildman–Crippen MR) is 116 cm³/mol. The van der Waals surface area contributed by atoms with Crippen LogP contribution in [0.25, 0.3) is 0 Å². The van der Waals surface area contributed by atoms with Gasteiger partial charge in [-0.1, -0.05) is 58.2 Å². The maximum Gasteiger partial charge on any atom is 0.306 e. The average molecular weight is 409 g/mol. The van der Waals surface area contributed by atoms with Crippen molar-refractivity contribution in [2.45, 2.75) is 72.5 Å². The van der Waals surface area contributed by atoms with Crippen molar-refractivity contribution in [2.24, 2.45) is 11.8 Å². The molecule has 3 unspecified atom stereocenters. The van der Waals surface area contributed by atoms with Crippen LogP contribution < -0.4 is 4.74 Å². The number of para-hydroxylation sites is 1. The molecule has 0 heterocycles. The molecule has 0 saturated carbocycles. The lowest BCUT2D eigenvalue weighted by Crippen LogP contribution is -2.28. The molecule has 1 rings (SSSR count). The number of benzene rings is 1. The Kier molecular flexibility index (Phi) is 14.2. The van der Waals surface area contributed by atoms with Crippen molar-refractivity contribution in [3.05, 3.63) is 30.3 Å². The highest BCUT2D eigenvalue weighted by Gasteiger charge is 2.18. The zero-order valence-corrected chi connectivity index (χ0v) is 18.7. The van der Waals surface area contributed by atoms with Crippen molar-refractivity contribution < 1.29 is 23.7 Å². The molecule has 0 amide bonds. The molecule has 0 spiro atoms. The first kappa shape index (κ1) is 25.4. The monoisotopic (exact) mass is 408 g/mol. The van der Waals surface area contributed by atoms with E-state index in [1.807, 2.05) is 37.3 Å². The molecule has 0 N–H and O–H groups in total. The summed E-state index contributed by atoms with van der Waals surface area (Å²) in [4.78, 5) is 12.3. The standard InChI is InChI=1S/C24H40O5/c1-5-8-12-21(7-3)16-24(25)29-19-22(17-27-20(4)26-15-6-2)18-28-23-13-10-9-11-14-23/h9-11,13-14,20-22H,5-8,12,15-19H2,1-4H3. The van der Waals surface area contributed by atoms with Gasteiger partial charge in [-0.05, 0) is 37.8 Å². The fraction of sp³-hybridized carbons (Fsp3) is 0.708. The van der Waals surface area contributed by atoms with E-state index in [2.05, 4.69) is 20.8 Å². The molecule has 0 radical (unpaired) electrons. The Morgan fingerprint density at radius 1 is 0.931 bits per heavy atom. The summed E-state index contributed by atoms with van der Waals surface area (Å²) < 4.78 is 22.8. The summed E-state index contributed by atoms with van der Waals surface area (Å²) in [6.07, 6.45) is 5.54. The van der Waals surface area contributed by atoms with Crippen LogP contribution in [-0.2, 0) is 19.0 Å². The quantitative estimate of drug-likeness (QED) is 0.247. The van der Waals surface area contributed by atoms with Crippen LogP contribution in [0, 0.1) is 11.8 Å². The normalized spacial score (nSPS) is 14.2. The Hall–Kier alpha value is -1.59. The van der Waals surface area contributed by atoms with Gasteiger partial charge in [0, 0.05) is 13.0 Å². The lowest BCUT2D eigenvalue weighted by atomic mass is 9.96. The van der Waals surface area contributed by atoms with Crippen molar-refractivity contribution in [1.82, 2.24) is 0 Å². The highest BCUT2D eigenvalue weighted by atomic mass is 16.7. The number of carbonyl (C=O) groups excluding carboxylic acids is 1. The minimum absolute atomic E-state index is 0.0532. The molecule has 166 valence electrons. The van der Waals surface area contributed by atoms with Gasteiger partial charge in [0.15, 0.2) is 6.29 Å². The number of esters is 1. The molecular weight excluding hydrogens is 368 g/mol. The van der Waals surface area contributed by atoms with Crippen molar-refractivity contribution >= 4 is 5.97 Å². The van der Waals surface area contributed by atoms with Gasteiger partial charge in [-0.3, -0.25) is 4.79 Å². The summed E-state index contributed by atoms with van der Waals surface area (Å²) >= 11 is 0. The maximum atomic E-state index is 12.3. The van der Waals surface area contributed by atoms with Crippen molar-refractivity contribution in [3.8, 4) is 5.75 Å². The van der Waals surface area contributed by atoms with Crippen LogP contribution in [0.15, 0.2) is 30.3 Å². The molecule has 3 atom stereocenters. The zero-order valence-electron chi connectivity index (χ0n) is 18.7. The number of ether oxygens (including phenoxy) is 4. The molecular formula is C24H40O5. The lowest BCUT2D eigenvalue weighted by molar-refractivity contribution is -0.155. The van der Waals surface area contributed by atoms with Crippen LogP contribution in [0.1, 0.15) is 66.2 Å². The molecule has 1 aromatic carbocycles. The third kappa shape index (κ3) is 12.6. The van der Waals surface area contributed by atoms with E-state index in [1.165, 1.54) is 0 Å². The molecule has 0 bridgehead atoms. The Morgan fingerprint density at radius 3 is 2.34 bits per heavy atom. The van der Waals surface area contributed by atoms with E-state index in [-0.39, 0.29) is 24.8 Å². The third-order valence-electron chi connectivity index (χ3n) is 4.83. The van der Waals surface area contributed by atoms with Crippen LogP contribution in [0.5, 0.6) is 5.75 Å². The second kappa shape index (κ2) is 16.2. The van der Waals surface area contributed by atoms with Gasteiger partial charge < -0.3 is 18.9 Å². The van der Waals surface area contributed by atoms with Crippen LogP contribution in [0.2, 0.25) is 0 Å². The number of carbonyl (C=O) groups is 1. The summed E-state index contributed by atoms with van der Waals surface area (Å²) in [6, 6.07) is 9.64. The van der Waals surface area contributed by atoms with Gasteiger partial charge in [0.05, 0.1) is 25.7 Å². The second-order valence-corrected chi connectivity index (χ2v) is 7.57. The second-order valence-electron chi connectivity index (χ2n) is 7.57. The van der Waals surface area contributed by atoms with E-state index in [4.69, 9.17) is 18.9 Å². The molecule has 0 saturated heterocycles. The summed E-state index contributed by atoms with van der Waals surface area (Å²) in [5, 5.41) is 0. The number of rotatable bonds is 17. The highest BCUT2D eigenvalue weighted by molar-refractivity contribution is 5.69. The van der Waals surface area contributed by atoms with Crippen molar-refractivity contribution in [2.75, 3.05) is 26.4 Å². The SMILES string of the molecule is CCCCC(CC)CC(=O)OCC(COc1ccccc1)COC(C)OCCC. The smallest absolute Gasteiger partial charge is 0.306 e. The summed E-state index contributed by atoms with van der Waals surface area (Å²) in [6.45, 7) is 10.0. The van der Waals surface area contributed by atoms with E-state index >= 15 is 0 Å². The summed E-state index contributed by atoms with van der Waals surface area (Å²) in [7, 11) is 0. The molecule has 1 aromatic rings. The van der Waals surface area contributed by atoms with Crippen molar-refractivity contribution in [1.29, 1.82) is 0 Å². The molecule has 29 heavy (non-hydrogen) atoms. The Balaban J connectivity index is 2.49. The first-order chi connectivity index (χ1) is 14.1. The largest absolute Gasteiger partial charge is 0.493 e.